The number of piperazine rings is 1. The monoisotopic (exact) mass is 425 g/mol. The van der Waals surface area contributed by atoms with Crippen LogP contribution in [-0.2, 0) is 4.79 Å². The molecule has 2 amide bonds. The summed E-state index contributed by atoms with van der Waals surface area (Å²) in [7, 11) is 0. The van der Waals surface area contributed by atoms with Gasteiger partial charge in [-0.15, -0.1) is 0 Å². The van der Waals surface area contributed by atoms with E-state index in [-0.39, 0.29) is 11.8 Å². The van der Waals surface area contributed by atoms with Crippen molar-refractivity contribution in [2.75, 3.05) is 26.2 Å². The molecule has 2 aromatic heterocycles. The summed E-state index contributed by atoms with van der Waals surface area (Å²) in [5.74, 6) is -0.388. The third-order valence-electron chi connectivity index (χ3n) is 5.78. The van der Waals surface area contributed by atoms with Gasteiger partial charge in [0.15, 0.2) is 5.58 Å². The molecule has 30 heavy (non-hydrogen) atoms. The average molecular weight is 426 g/mol. The minimum absolute atomic E-state index is 0.165. The van der Waals surface area contributed by atoms with Crippen LogP contribution in [0.5, 0.6) is 0 Å². The summed E-state index contributed by atoms with van der Waals surface area (Å²) >= 11 is 6.45. The molecule has 0 bridgehead atoms. The van der Waals surface area contributed by atoms with Crippen molar-refractivity contribution in [3.8, 4) is 11.3 Å². The van der Waals surface area contributed by atoms with E-state index in [1.165, 1.54) is 0 Å². The molecular formula is C22H20ClN3O4. The Hall–Kier alpha value is -2.90. The molecule has 1 saturated heterocycles. The van der Waals surface area contributed by atoms with Crippen LogP contribution in [0.15, 0.2) is 47.1 Å². The second-order valence-electron chi connectivity index (χ2n) is 7.81. The summed E-state index contributed by atoms with van der Waals surface area (Å²) in [6, 6.07) is 10.8. The SMILES string of the molecule is O=C(c1ccc(-c2ccc3occc3n2)cc1Cl)N1CCN(C(=O)C2(O)CC2)CC1. The fourth-order valence-corrected chi connectivity index (χ4v) is 4.03. The van der Waals surface area contributed by atoms with Crippen molar-refractivity contribution < 1.29 is 19.1 Å². The van der Waals surface area contributed by atoms with Gasteiger partial charge in [-0.2, -0.15) is 0 Å². The molecule has 7 nitrogen and oxygen atoms in total. The van der Waals surface area contributed by atoms with Gasteiger partial charge in [0.1, 0.15) is 11.1 Å². The maximum atomic E-state index is 13.0. The number of benzene rings is 1. The van der Waals surface area contributed by atoms with Crippen molar-refractivity contribution in [1.29, 1.82) is 0 Å². The number of halogens is 1. The molecular weight excluding hydrogens is 406 g/mol. The zero-order valence-electron chi connectivity index (χ0n) is 16.2. The number of amides is 2. The zero-order valence-corrected chi connectivity index (χ0v) is 16.9. The number of aromatic nitrogens is 1. The van der Waals surface area contributed by atoms with Gasteiger partial charge < -0.3 is 19.3 Å². The highest BCUT2D eigenvalue weighted by Crippen LogP contribution is 2.37. The lowest BCUT2D eigenvalue weighted by atomic mass is 10.1. The summed E-state index contributed by atoms with van der Waals surface area (Å²) in [5.41, 5.74) is 2.28. The number of hydrogen-bond acceptors (Lipinski definition) is 5. The van der Waals surface area contributed by atoms with Gasteiger partial charge in [0.05, 0.1) is 22.5 Å². The third kappa shape index (κ3) is 3.34. The number of nitrogens with zero attached hydrogens (tertiary/aromatic N) is 3. The molecule has 2 aliphatic rings. The first-order valence-electron chi connectivity index (χ1n) is 9.90. The first kappa shape index (κ1) is 19.1. The van der Waals surface area contributed by atoms with Gasteiger partial charge in [-0.1, -0.05) is 17.7 Å². The summed E-state index contributed by atoms with van der Waals surface area (Å²) in [6.45, 7) is 1.66. The largest absolute Gasteiger partial charge is 0.463 e. The van der Waals surface area contributed by atoms with Crippen molar-refractivity contribution in [2.45, 2.75) is 18.4 Å². The van der Waals surface area contributed by atoms with Crippen LogP contribution in [0, 0.1) is 0 Å². The van der Waals surface area contributed by atoms with Gasteiger partial charge in [-0.25, -0.2) is 4.98 Å². The Labute approximate surface area is 177 Å². The van der Waals surface area contributed by atoms with Crippen molar-refractivity contribution in [2.24, 2.45) is 0 Å². The predicted molar refractivity (Wildman–Crippen MR) is 111 cm³/mol. The van der Waals surface area contributed by atoms with Gasteiger partial charge in [-0.05, 0) is 37.1 Å². The number of carbonyl (C=O) groups is 2. The lowest BCUT2D eigenvalue weighted by Crippen LogP contribution is -2.53. The molecule has 0 unspecified atom stereocenters. The molecule has 0 atom stereocenters. The first-order chi connectivity index (χ1) is 14.4. The Morgan fingerprint density at radius 2 is 1.77 bits per heavy atom. The molecule has 0 spiro atoms. The smallest absolute Gasteiger partial charge is 0.255 e. The lowest BCUT2D eigenvalue weighted by Gasteiger charge is -2.36. The van der Waals surface area contributed by atoms with E-state index in [0.29, 0.717) is 55.2 Å². The molecule has 1 saturated carbocycles. The maximum absolute atomic E-state index is 13.0. The van der Waals surface area contributed by atoms with Crippen LogP contribution in [-0.4, -0.2) is 63.5 Å². The third-order valence-corrected chi connectivity index (χ3v) is 6.09. The molecule has 8 heteroatoms. The Morgan fingerprint density at radius 3 is 2.47 bits per heavy atom. The number of fused-ring (bicyclic) bond motifs is 1. The molecule has 3 aromatic rings. The summed E-state index contributed by atoms with van der Waals surface area (Å²) in [6.07, 6.45) is 2.64. The molecule has 1 aliphatic heterocycles. The second-order valence-corrected chi connectivity index (χ2v) is 8.22. The van der Waals surface area contributed by atoms with Crippen LogP contribution in [0.1, 0.15) is 23.2 Å². The number of pyridine rings is 1. The molecule has 1 N–H and O–H groups in total. The minimum Gasteiger partial charge on any atom is -0.463 e. The molecule has 154 valence electrons. The van der Waals surface area contributed by atoms with Crippen molar-refractivity contribution in [3.05, 3.63) is 53.2 Å². The van der Waals surface area contributed by atoms with E-state index in [4.69, 9.17) is 16.0 Å². The van der Waals surface area contributed by atoms with Crippen LogP contribution in [0.3, 0.4) is 0 Å². The van der Waals surface area contributed by atoms with E-state index < -0.39 is 5.60 Å². The van der Waals surface area contributed by atoms with E-state index >= 15 is 0 Å². The minimum atomic E-state index is -1.17. The van der Waals surface area contributed by atoms with E-state index in [0.717, 1.165) is 16.8 Å². The van der Waals surface area contributed by atoms with E-state index in [1.54, 1.807) is 34.3 Å². The predicted octanol–water partition coefficient (Wildman–Crippen LogP) is 2.96. The van der Waals surface area contributed by atoms with Crippen molar-refractivity contribution in [3.63, 3.8) is 0 Å². The van der Waals surface area contributed by atoms with Crippen LogP contribution in [0.25, 0.3) is 22.4 Å². The van der Waals surface area contributed by atoms with E-state index in [1.807, 2.05) is 18.2 Å². The molecule has 0 radical (unpaired) electrons. The summed E-state index contributed by atoms with van der Waals surface area (Å²) < 4.78 is 5.32. The Bertz CT molecular complexity index is 1150. The van der Waals surface area contributed by atoms with Crippen molar-refractivity contribution in [1.82, 2.24) is 14.8 Å². The van der Waals surface area contributed by atoms with Crippen molar-refractivity contribution >= 4 is 34.5 Å². The van der Waals surface area contributed by atoms with Crippen LogP contribution in [0.4, 0.5) is 0 Å². The van der Waals surface area contributed by atoms with Crippen LogP contribution < -0.4 is 0 Å². The molecule has 1 aromatic carbocycles. The zero-order chi connectivity index (χ0) is 20.9. The van der Waals surface area contributed by atoms with Gasteiger partial charge in [0.2, 0.25) is 0 Å². The number of furan rings is 1. The number of rotatable bonds is 3. The van der Waals surface area contributed by atoms with E-state index in [2.05, 4.69) is 4.98 Å². The van der Waals surface area contributed by atoms with Gasteiger partial charge >= 0.3 is 0 Å². The highest BCUT2D eigenvalue weighted by atomic mass is 35.5. The Kier molecular flexibility index (Phi) is 4.52. The molecule has 2 fully saturated rings. The quantitative estimate of drug-likeness (QED) is 0.697. The van der Waals surface area contributed by atoms with Gasteiger partial charge in [0.25, 0.3) is 11.8 Å². The lowest BCUT2D eigenvalue weighted by molar-refractivity contribution is -0.143. The molecule has 1 aliphatic carbocycles. The van der Waals surface area contributed by atoms with E-state index in [9.17, 15) is 14.7 Å². The number of hydrogen-bond donors (Lipinski definition) is 1. The van der Waals surface area contributed by atoms with Crippen LogP contribution in [0.2, 0.25) is 5.02 Å². The van der Waals surface area contributed by atoms with Crippen LogP contribution >= 0.6 is 11.6 Å². The Balaban J connectivity index is 1.30. The number of aliphatic hydroxyl groups is 1. The summed E-state index contributed by atoms with van der Waals surface area (Å²) in [5, 5.41) is 10.4. The summed E-state index contributed by atoms with van der Waals surface area (Å²) in [4.78, 5) is 33.1. The molecule has 5 rings (SSSR count). The normalized spacial score (nSPS) is 17.9. The standard InChI is InChI=1S/C22H20ClN3O4/c23-16-13-14(17-3-4-19-18(24-17)5-12-30-19)1-2-15(16)20(27)25-8-10-26(11-9-25)21(28)22(29)6-7-22/h1-5,12-13,29H,6-11H2. The topological polar surface area (TPSA) is 86.9 Å². The average Bonchev–Trinajstić information content (AvgIpc) is 3.34. The fourth-order valence-electron chi connectivity index (χ4n) is 3.77. The highest BCUT2D eigenvalue weighted by Gasteiger charge is 2.50. The number of carbonyl (C=O) groups excluding carboxylic acids is 2. The van der Waals surface area contributed by atoms with Gasteiger partial charge in [-0.3, -0.25) is 9.59 Å². The highest BCUT2D eigenvalue weighted by molar-refractivity contribution is 6.34. The van der Waals surface area contributed by atoms with Gasteiger partial charge in [0, 0.05) is 37.8 Å². The fraction of sp³-hybridized carbons (Fsp3) is 0.318. The second kappa shape index (κ2) is 7.11. The maximum Gasteiger partial charge on any atom is 0.255 e. The molecule has 3 heterocycles. The first-order valence-corrected chi connectivity index (χ1v) is 10.3. The Morgan fingerprint density at radius 1 is 1.03 bits per heavy atom.